The molecule has 4 rings (SSSR count). The lowest BCUT2D eigenvalue weighted by atomic mass is 9.83. The maximum Gasteiger partial charge on any atom is 0.225 e. The molecule has 0 aromatic carbocycles. The molecule has 3 fully saturated rings. The van der Waals surface area contributed by atoms with Gasteiger partial charge in [0, 0.05) is 32.0 Å². The van der Waals surface area contributed by atoms with Gasteiger partial charge in [-0.1, -0.05) is 0 Å². The van der Waals surface area contributed by atoms with Crippen LogP contribution in [0.5, 0.6) is 0 Å². The van der Waals surface area contributed by atoms with E-state index in [1.54, 1.807) is 12.4 Å². The summed E-state index contributed by atoms with van der Waals surface area (Å²) in [7, 11) is 0. The van der Waals surface area contributed by atoms with E-state index >= 15 is 0 Å². The maximum atomic E-state index is 6.25. The van der Waals surface area contributed by atoms with E-state index in [1.807, 2.05) is 6.07 Å². The third-order valence-corrected chi connectivity index (χ3v) is 5.05. The maximum absolute atomic E-state index is 6.25. The molecule has 1 aromatic heterocycles. The van der Waals surface area contributed by atoms with Gasteiger partial charge < -0.3 is 14.4 Å². The lowest BCUT2D eigenvalue weighted by molar-refractivity contribution is -0.121. The Kier molecular flexibility index (Phi) is 3.98. The first-order valence-electron chi connectivity index (χ1n) is 8.29. The van der Waals surface area contributed by atoms with E-state index in [-0.39, 0.29) is 5.60 Å². The average molecular weight is 304 g/mol. The van der Waals surface area contributed by atoms with Crippen LogP contribution >= 0.6 is 0 Å². The quantitative estimate of drug-likeness (QED) is 0.823. The molecule has 6 nitrogen and oxygen atoms in total. The fourth-order valence-electron chi connectivity index (χ4n) is 3.70. The molecule has 3 saturated heterocycles. The molecule has 1 aromatic rings. The van der Waals surface area contributed by atoms with Gasteiger partial charge in [0.15, 0.2) is 0 Å². The van der Waals surface area contributed by atoms with E-state index < -0.39 is 0 Å². The number of anilines is 1. The van der Waals surface area contributed by atoms with Crippen molar-refractivity contribution in [3.05, 3.63) is 18.5 Å². The highest BCUT2D eigenvalue weighted by atomic mass is 16.5. The first kappa shape index (κ1) is 14.4. The van der Waals surface area contributed by atoms with Gasteiger partial charge in [-0.25, -0.2) is 9.97 Å². The lowest BCUT2D eigenvalue weighted by Crippen LogP contribution is -2.65. The zero-order chi connectivity index (χ0) is 14.8. The van der Waals surface area contributed by atoms with Gasteiger partial charge in [0.05, 0.1) is 32.9 Å². The van der Waals surface area contributed by atoms with Crippen LogP contribution in [0.25, 0.3) is 0 Å². The minimum Gasteiger partial charge on any atom is -0.379 e. The molecule has 120 valence electrons. The van der Waals surface area contributed by atoms with Crippen LogP contribution in [-0.2, 0) is 9.47 Å². The largest absolute Gasteiger partial charge is 0.379 e. The van der Waals surface area contributed by atoms with Gasteiger partial charge in [0.1, 0.15) is 5.60 Å². The van der Waals surface area contributed by atoms with Crippen LogP contribution in [-0.4, -0.2) is 73.0 Å². The van der Waals surface area contributed by atoms with E-state index in [9.17, 15) is 0 Å². The zero-order valence-electron chi connectivity index (χ0n) is 13.0. The first-order chi connectivity index (χ1) is 10.8. The van der Waals surface area contributed by atoms with Crippen molar-refractivity contribution >= 4 is 5.95 Å². The van der Waals surface area contributed by atoms with Crippen molar-refractivity contribution in [1.29, 1.82) is 0 Å². The van der Waals surface area contributed by atoms with Gasteiger partial charge in [0.25, 0.3) is 0 Å². The Labute approximate surface area is 131 Å². The zero-order valence-corrected chi connectivity index (χ0v) is 13.0. The van der Waals surface area contributed by atoms with Crippen LogP contribution in [0.4, 0.5) is 5.95 Å². The summed E-state index contributed by atoms with van der Waals surface area (Å²) in [6, 6.07) is 1.85. The van der Waals surface area contributed by atoms with Gasteiger partial charge in [-0.05, 0) is 24.8 Å². The van der Waals surface area contributed by atoms with E-state index in [4.69, 9.17) is 9.47 Å². The molecule has 0 radical (unpaired) electrons. The molecule has 1 spiro atoms. The van der Waals surface area contributed by atoms with Crippen molar-refractivity contribution in [1.82, 2.24) is 14.9 Å². The molecule has 3 aliphatic heterocycles. The van der Waals surface area contributed by atoms with E-state index in [0.717, 1.165) is 64.9 Å². The Morgan fingerprint density at radius 2 is 1.95 bits per heavy atom. The van der Waals surface area contributed by atoms with Crippen molar-refractivity contribution in [3.63, 3.8) is 0 Å². The highest BCUT2D eigenvalue weighted by Crippen LogP contribution is 2.37. The summed E-state index contributed by atoms with van der Waals surface area (Å²) in [5.41, 5.74) is 0.0563. The number of aromatic nitrogens is 2. The van der Waals surface area contributed by atoms with Gasteiger partial charge >= 0.3 is 0 Å². The third kappa shape index (κ3) is 2.95. The van der Waals surface area contributed by atoms with Gasteiger partial charge in [0.2, 0.25) is 5.95 Å². The Bertz CT molecular complexity index is 476. The molecule has 0 bridgehead atoms. The smallest absolute Gasteiger partial charge is 0.225 e. The van der Waals surface area contributed by atoms with Gasteiger partial charge in [-0.15, -0.1) is 0 Å². The van der Waals surface area contributed by atoms with Crippen LogP contribution < -0.4 is 4.90 Å². The molecule has 0 aliphatic carbocycles. The van der Waals surface area contributed by atoms with Crippen LogP contribution in [0.2, 0.25) is 0 Å². The minimum atomic E-state index is 0.0563. The molecular formula is C16H24N4O2. The predicted octanol–water partition coefficient (Wildman–Crippen LogP) is 0.794. The van der Waals surface area contributed by atoms with Crippen molar-refractivity contribution in [2.75, 3.05) is 57.4 Å². The summed E-state index contributed by atoms with van der Waals surface area (Å²) in [5.74, 6) is 1.50. The van der Waals surface area contributed by atoms with Crippen molar-refractivity contribution in [3.8, 4) is 0 Å². The molecule has 0 N–H and O–H groups in total. The van der Waals surface area contributed by atoms with Crippen LogP contribution in [0.1, 0.15) is 12.8 Å². The summed E-state index contributed by atoms with van der Waals surface area (Å²) in [6.45, 7) is 7.81. The summed E-state index contributed by atoms with van der Waals surface area (Å²) in [5, 5.41) is 0. The van der Waals surface area contributed by atoms with Crippen LogP contribution in [0.15, 0.2) is 18.5 Å². The number of rotatable bonds is 3. The molecule has 1 atom stereocenters. The highest BCUT2D eigenvalue weighted by molar-refractivity contribution is 5.36. The number of hydrogen-bond acceptors (Lipinski definition) is 6. The molecule has 1 unspecified atom stereocenters. The Morgan fingerprint density at radius 3 is 2.64 bits per heavy atom. The molecule has 22 heavy (non-hydrogen) atoms. The Balaban J connectivity index is 1.25. The van der Waals surface area contributed by atoms with Crippen molar-refractivity contribution < 1.29 is 9.47 Å². The fraction of sp³-hybridized carbons (Fsp3) is 0.750. The predicted molar refractivity (Wildman–Crippen MR) is 82.9 cm³/mol. The van der Waals surface area contributed by atoms with E-state index in [1.165, 1.54) is 6.42 Å². The van der Waals surface area contributed by atoms with E-state index in [0.29, 0.717) is 5.92 Å². The standard InChI is InChI=1S/C16H24N4O2/c1-4-17-15(18-5-1)20-12-16(13-20)3-2-14(11-22-16)10-19-6-8-21-9-7-19/h1,4-5,14H,2-3,6-13H2. The Hall–Kier alpha value is -1.24. The SMILES string of the molecule is c1cnc(N2CC3(CCC(CN4CCOCC4)CO3)C2)nc1. The first-order valence-corrected chi connectivity index (χ1v) is 8.29. The summed E-state index contributed by atoms with van der Waals surface area (Å²) >= 11 is 0. The van der Waals surface area contributed by atoms with Crippen molar-refractivity contribution in [2.24, 2.45) is 5.92 Å². The Morgan fingerprint density at radius 1 is 1.18 bits per heavy atom. The summed E-state index contributed by atoms with van der Waals surface area (Å²) in [6.07, 6.45) is 6.02. The van der Waals surface area contributed by atoms with Gasteiger partial charge in [-0.2, -0.15) is 0 Å². The number of hydrogen-bond donors (Lipinski definition) is 0. The number of morpholine rings is 1. The molecule has 6 heteroatoms. The summed E-state index contributed by atoms with van der Waals surface area (Å²) in [4.78, 5) is 13.3. The normalized spacial score (nSPS) is 28.5. The third-order valence-electron chi connectivity index (χ3n) is 5.05. The second-order valence-corrected chi connectivity index (χ2v) is 6.72. The van der Waals surface area contributed by atoms with Crippen LogP contribution in [0, 0.1) is 5.92 Å². The van der Waals surface area contributed by atoms with E-state index in [2.05, 4.69) is 19.8 Å². The topological polar surface area (TPSA) is 50.7 Å². The second kappa shape index (κ2) is 6.10. The number of ether oxygens (including phenoxy) is 2. The molecular weight excluding hydrogens is 280 g/mol. The monoisotopic (exact) mass is 304 g/mol. The summed E-state index contributed by atoms with van der Waals surface area (Å²) < 4.78 is 11.7. The lowest BCUT2D eigenvalue weighted by Gasteiger charge is -2.53. The molecule has 3 aliphatic rings. The number of nitrogens with zero attached hydrogens (tertiary/aromatic N) is 4. The minimum absolute atomic E-state index is 0.0563. The molecule has 0 amide bonds. The van der Waals surface area contributed by atoms with Crippen LogP contribution in [0.3, 0.4) is 0 Å². The van der Waals surface area contributed by atoms with Gasteiger partial charge in [-0.3, -0.25) is 4.90 Å². The molecule has 0 saturated carbocycles. The van der Waals surface area contributed by atoms with Crippen molar-refractivity contribution in [2.45, 2.75) is 18.4 Å². The average Bonchev–Trinajstić information content (AvgIpc) is 2.55. The fourth-order valence-corrected chi connectivity index (χ4v) is 3.70. The highest BCUT2D eigenvalue weighted by Gasteiger charge is 2.47. The molecule has 4 heterocycles. The second-order valence-electron chi connectivity index (χ2n) is 6.72.